The highest BCUT2D eigenvalue weighted by molar-refractivity contribution is 6.09. The van der Waals surface area contributed by atoms with Crippen molar-refractivity contribution < 1.29 is 14.6 Å². The molecule has 0 aliphatic rings. The molecular formula is C14H19N3O3. The summed E-state index contributed by atoms with van der Waals surface area (Å²) in [7, 11) is 3.83. The third-order valence-corrected chi connectivity index (χ3v) is 2.67. The van der Waals surface area contributed by atoms with E-state index in [1.807, 2.05) is 19.0 Å². The van der Waals surface area contributed by atoms with E-state index in [0.717, 1.165) is 6.21 Å². The van der Waals surface area contributed by atoms with Crippen LogP contribution in [0.3, 0.4) is 0 Å². The van der Waals surface area contributed by atoms with Crippen molar-refractivity contribution in [2.75, 3.05) is 27.2 Å². The van der Waals surface area contributed by atoms with Gasteiger partial charge in [0.15, 0.2) is 0 Å². The van der Waals surface area contributed by atoms with Crippen molar-refractivity contribution >= 4 is 17.8 Å². The molecule has 1 aromatic rings. The van der Waals surface area contributed by atoms with Crippen LogP contribution in [0.4, 0.5) is 0 Å². The summed E-state index contributed by atoms with van der Waals surface area (Å²) in [5.41, 5.74) is 6.68. The van der Waals surface area contributed by atoms with Crippen molar-refractivity contribution in [2.24, 2.45) is 5.73 Å². The Bertz CT molecular complexity index is 524. The summed E-state index contributed by atoms with van der Waals surface area (Å²) in [6.07, 6.45) is 2.40. The SMILES string of the molecule is CN(C)CCOc1cc(C(=O)O)ccc1/C(C=N)=C/N. The number of nitrogens with two attached hydrogens (primary N) is 1. The molecule has 1 rings (SSSR count). The molecule has 0 fully saturated rings. The molecule has 0 saturated carbocycles. The van der Waals surface area contributed by atoms with Crippen molar-refractivity contribution in [3.05, 3.63) is 35.5 Å². The zero-order valence-corrected chi connectivity index (χ0v) is 11.6. The van der Waals surface area contributed by atoms with Crippen molar-refractivity contribution in [3.63, 3.8) is 0 Å². The lowest BCUT2D eigenvalue weighted by Crippen LogP contribution is -2.20. The van der Waals surface area contributed by atoms with E-state index in [1.54, 1.807) is 6.07 Å². The Hall–Kier alpha value is -2.34. The molecule has 0 heterocycles. The van der Waals surface area contributed by atoms with Gasteiger partial charge in [-0.05, 0) is 32.3 Å². The van der Waals surface area contributed by atoms with Gasteiger partial charge in [0, 0.05) is 30.1 Å². The normalized spacial score (nSPS) is 11.4. The Morgan fingerprint density at radius 1 is 1.50 bits per heavy atom. The molecule has 0 aliphatic heterocycles. The van der Waals surface area contributed by atoms with Gasteiger partial charge in [0.2, 0.25) is 0 Å². The average Bonchev–Trinajstić information content (AvgIpc) is 2.40. The fourth-order valence-corrected chi connectivity index (χ4v) is 1.57. The highest BCUT2D eigenvalue weighted by atomic mass is 16.5. The standard InChI is InChI=1S/C14H19N3O3/c1-17(2)5-6-20-13-7-10(14(18)19)3-4-12(13)11(8-15)9-16/h3-4,7-9,15H,5-6,16H2,1-2H3,(H,18,19)/b11-9+,15-8?. The highest BCUT2D eigenvalue weighted by Gasteiger charge is 2.12. The van der Waals surface area contributed by atoms with Crippen LogP contribution in [0.2, 0.25) is 0 Å². The number of carboxylic acids is 1. The van der Waals surface area contributed by atoms with Gasteiger partial charge in [0.25, 0.3) is 0 Å². The van der Waals surface area contributed by atoms with Gasteiger partial charge < -0.3 is 25.9 Å². The molecule has 20 heavy (non-hydrogen) atoms. The zero-order chi connectivity index (χ0) is 15.1. The van der Waals surface area contributed by atoms with E-state index in [-0.39, 0.29) is 5.56 Å². The van der Waals surface area contributed by atoms with E-state index >= 15 is 0 Å². The summed E-state index contributed by atoms with van der Waals surface area (Å²) in [6.45, 7) is 1.11. The van der Waals surface area contributed by atoms with Gasteiger partial charge in [-0.1, -0.05) is 0 Å². The van der Waals surface area contributed by atoms with Gasteiger partial charge >= 0.3 is 5.97 Å². The van der Waals surface area contributed by atoms with Crippen molar-refractivity contribution in [1.82, 2.24) is 4.90 Å². The fraction of sp³-hybridized carbons (Fsp3) is 0.286. The molecule has 4 N–H and O–H groups in total. The molecule has 1 aromatic carbocycles. The lowest BCUT2D eigenvalue weighted by Gasteiger charge is -2.15. The van der Waals surface area contributed by atoms with E-state index < -0.39 is 5.97 Å². The van der Waals surface area contributed by atoms with Crippen LogP contribution in [-0.2, 0) is 0 Å². The van der Waals surface area contributed by atoms with Crippen LogP contribution in [0.5, 0.6) is 5.75 Å². The van der Waals surface area contributed by atoms with E-state index in [9.17, 15) is 4.79 Å². The summed E-state index contributed by atoms with van der Waals surface area (Å²) in [4.78, 5) is 13.0. The van der Waals surface area contributed by atoms with Crippen LogP contribution < -0.4 is 10.5 Å². The number of likely N-dealkylation sites (N-methyl/N-ethyl adjacent to an activating group) is 1. The number of hydrogen-bond donors (Lipinski definition) is 3. The molecule has 0 unspecified atom stereocenters. The highest BCUT2D eigenvalue weighted by Crippen LogP contribution is 2.26. The third-order valence-electron chi connectivity index (χ3n) is 2.67. The molecule has 0 amide bonds. The van der Waals surface area contributed by atoms with Gasteiger partial charge in [-0.3, -0.25) is 0 Å². The van der Waals surface area contributed by atoms with E-state index in [4.69, 9.17) is 21.0 Å². The van der Waals surface area contributed by atoms with E-state index in [1.165, 1.54) is 18.3 Å². The second-order valence-corrected chi connectivity index (χ2v) is 4.43. The average molecular weight is 277 g/mol. The number of aromatic carboxylic acids is 1. The molecule has 6 heteroatoms. The number of carboxylic acid groups (broad SMARTS) is 1. The molecule has 108 valence electrons. The number of allylic oxidation sites excluding steroid dienone is 1. The molecule has 0 saturated heterocycles. The van der Waals surface area contributed by atoms with Gasteiger partial charge in [0.05, 0.1) is 5.56 Å². The Morgan fingerprint density at radius 3 is 2.70 bits per heavy atom. The van der Waals surface area contributed by atoms with Gasteiger partial charge in [-0.15, -0.1) is 0 Å². The summed E-state index contributed by atoms with van der Waals surface area (Å²) in [6, 6.07) is 4.50. The van der Waals surface area contributed by atoms with Gasteiger partial charge in [0.1, 0.15) is 12.4 Å². The topological polar surface area (TPSA) is 99.6 Å². The first-order valence-electron chi connectivity index (χ1n) is 6.07. The molecule has 6 nitrogen and oxygen atoms in total. The minimum Gasteiger partial charge on any atom is -0.492 e. The van der Waals surface area contributed by atoms with Crippen LogP contribution >= 0.6 is 0 Å². The van der Waals surface area contributed by atoms with Crippen molar-refractivity contribution in [2.45, 2.75) is 0 Å². The number of benzene rings is 1. The maximum atomic E-state index is 11.0. The number of nitrogens with one attached hydrogen (secondary N) is 1. The van der Waals surface area contributed by atoms with Crippen molar-refractivity contribution in [1.29, 1.82) is 5.41 Å². The monoisotopic (exact) mass is 277 g/mol. The zero-order valence-electron chi connectivity index (χ0n) is 11.6. The Labute approximate surface area is 118 Å². The second-order valence-electron chi connectivity index (χ2n) is 4.43. The minimum absolute atomic E-state index is 0.134. The summed E-state index contributed by atoms with van der Waals surface area (Å²) < 4.78 is 5.62. The second kappa shape index (κ2) is 7.30. The third kappa shape index (κ3) is 4.10. The summed E-state index contributed by atoms with van der Waals surface area (Å²) in [5.74, 6) is -0.617. The number of carbonyl (C=O) groups is 1. The molecule has 0 aromatic heterocycles. The predicted octanol–water partition coefficient (Wildman–Crippen LogP) is 1.27. The lowest BCUT2D eigenvalue weighted by atomic mass is 10.0. The van der Waals surface area contributed by atoms with Crippen LogP contribution in [0.25, 0.3) is 5.57 Å². The van der Waals surface area contributed by atoms with Crippen LogP contribution in [0, 0.1) is 5.41 Å². The first kappa shape index (κ1) is 15.7. The van der Waals surface area contributed by atoms with Crippen LogP contribution in [-0.4, -0.2) is 49.4 Å². The number of rotatable bonds is 7. The molecule has 0 bridgehead atoms. The lowest BCUT2D eigenvalue weighted by molar-refractivity contribution is 0.0696. The predicted molar refractivity (Wildman–Crippen MR) is 78.4 cm³/mol. The molecule has 0 spiro atoms. The Balaban J connectivity index is 3.09. The van der Waals surface area contributed by atoms with E-state index in [0.29, 0.717) is 30.0 Å². The first-order chi connectivity index (χ1) is 9.49. The Morgan fingerprint density at radius 2 is 2.20 bits per heavy atom. The van der Waals surface area contributed by atoms with Crippen LogP contribution in [0.15, 0.2) is 24.4 Å². The molecule has 0 radical (unpaired) electrons. The Kier molecular flexibility index (Phi) is 5.74. The maximum absolute atomic E-state index is 11.0. The van der Waals surface area contributed by atoms with Gasteiger partial charge in [-0.25, -0.2) is 4.79 Å². The van der Waals surface area contributed by atoms with Crippen LogP contribution in [0.1, 0.15) is 15.9 Å². The van der Waals surface area contributed by atoms with Gasteiger partial charge in [-0.2, -0.15) is 0 Å². The summed E-state index contributed by atoms with van der Waals surface area (Å²) >= 11 is 0. The van der Waals surface area contributed by atoms with Crippen molar-refractivity contribution in [3.8, 4) is 5.75 Å². The quantitative estimate of drug-likeness (QED) is 0.652. The number of ether oxygens (including phenoxy) is 1. The minimum atomic E-state index is -1.03. The first-order valence-corrected chi connectivity index (χ1v) is 6.07. The molecule has 0 atom stereocenters. The van der Waals surface area contributed by atoms with E-state index in [2.05, 4.69) is 0 Å². The number of hydrogen-bond acceptors (Lipinski definition) is 5. The number of nitrogens with zero attached hydrogens (tertiary/aromatic N) is 1. The fourth-order valence-electron chi connectivity index (χ4n) is 1.57. The molecule has 0 aliphatic carbocycles. The maximum Gasteiger partial charge on any atom is 0.335 e. The largest absolute Gasteiger partial charge is 0.492 e. The smallest absolute Gasteiger partial charge is 0.335 e. The summed E-state index contributed by atoms with van der Waals surface area (Å²) in [5, 5.41) is 16.3. The molecular weight excluding hydrogens is 258 g/mol.